The highest BCUT2D eigenvalue weighted by Gasteiger charge is 2.13. The van der Waals surface area contributed by atoms with Gasteiger partial charge in [-0.3, -0.25) is 0 Å². The van der Waals surface area contributed by atoms with Crippen molar-refractivity contribution in [2.75, 3.05) is 12.4 Å². The topological polar surface area (TPSA) is 63.0 Å². The van der Waals surface area contributed by atoms with Crippen LogP contribution in [0, 0.1) is 6.92 Å². The number of anilines is 2. The maximum atomic E-state index is 6.09. The van der Waals surface area contributed by atoms with Crippen molar-refractivity contribution in [1.29, 1.82) is 0 Å². The Balaban J connectivity index is 2.22. The largest absolute Gasteiger partial charge is 0.406 e. The maximum absolute atomic E-state index is 6.09. The van der Waals surface area contributed by atoms with Gasteiger partial charge in [-0.1, -0.05) is 16.7 Å². The van der Waals surface area contributed by atoms with Gasteiger partial charge in [-0.15, -0.1) is 5.10 Å². The smallest absolute Gasteiger partial charge is 0.320 e. The molecular formula is C12H14BrClN4O. The highest BCUT2D eigenvalue weighted by atomic mass is 79.9. The van der Waals surface area contributed by atoms with Crippen LogP contribution in [-0.4, -0.2) is 17.2 Å². The van der Waals surface area contributed by atoms with Crippen LogP contribution in [0.3, 0.4) is 0 Å². The zero-order chi connectivity index (χ0) is 14.0. The van der Waals surface area contributed by atoms with Crippen LogP contribution in [0.2, 0.25) is 5.02 Å². The van der Waals surface area contributed by atoms with E-state index in [-0.39, 0.29) is 6.04 Å². The number of nitrogens with one attached hydrogen (secondary N) is 2. The fourth-order valence-electron chi connectivity index (χ4n) is 1.44. The van der Waals surface area contributed by atoms with Crippen molar-refractivity contribution in [1.82, 2.24) is 15.5 Å². The Hall–Kier alpha value is -1.11. The van der Waals surface area contributed by atoms with Crippen molar-refractivity contribution in [2.24, 2.45) is 0 Å². The van der Waals surface area contributed by atoms with Gasteiger partial charge in [0, 0.05) is 9.50 Å². The molecule has 0 aliphatic rings. The van der Waals surface area contributed by atoms with E-state index < -0.39 is 0 Å². The monoisotopic (exact) mass is 344 g/mol. The van der Waals surface area contributed by atoms with Gasteiger partial charge < -0.3 is 15.1 Å². The normalized spacial score (nSPS) is 12.5. The lowest BCUT2D eigenvalue weighted by Gasteiger charge is -2.07. The van der Waals surface area contributed by atoms with Gasteiger partial charge in [0.15, 0.2) is 0 Å². The average molecular weight is 346 g/mol. The quantitative estimate of drug-likeness (QED) is 0.882. The molecule has 102 valence electrons. The summed E-state index contributed by atoms with van der Waals surface area (Å²) in [5, 5.41) is 14.7. The summed E-state index contributed by atoms with van der Waals surface area (Å²) >= 11 is 9.56. The Bertz CT molecular complexity index is 587. The van der Waals surface area contributed by atoms with Crippen LogP contribution in [0.1, 0.15) is 24.4 Å². The summed E-state index contributed by atoms with van der Waals surface area (Å²) in [6.45, 7) is 3.88. The zero-order valence-electron chi connectivity index (χ0n) is 10.8. The molecule has 2 N–H and O–H groups in total. The van der Waals surface area contributed by atoms with Crippen molar-refractivity contribution in [2.45, 2.75) is 19.9 Å². The lowest BCUT2D eigenvalue weighted by Crippen LogP contribution is -2.12. The number of hydrogen-bond donors (Lipinski definition) is 2. The Morgan fingerprint density at radius 3 is 2.79 bits per heavy atom. The summed E-state index contributed by atoms with van der Waals surface area (Å²) in [7, 11) is 1.83. The van der Waals surface area contributed by atoms with Crippen LogP contribution in [-0.2, 0) is 0 Å². The third-order valence-corrected chi connectivity index (χ3v) is 3.80. The molecule has 1 aromatic heterocycles. The average Bonchev–Trinajstić information content (AvgIpc) is 2.83. The summed E-state index contributed by atoms with van der Waals surface area (Å²) in [4.78, 5) is 0. The molecular weight excluding hydrogens is 332 g/mol. The van der Waals surface area contributed by atoms with E-state index in [0.29, 0.717) is 16.9 Å². The Morgan fingerprint density at radius 2 is 2.11 bits per heavy atom. The molecule has 1 atom stereocenters. The van der Waals surface area contributed by atoms with Crippen molar-refractivity contribution >= 4 is 39.2 Å². The van der Waals surface area contributed by atoms with Crippen LogP contribution < -0.4 is 10.6 Å². The van der Waals surface area contributed by atoms with Gasteiger partial charge >= 0.3 is 6.01 Å². The first-order valence-electron chi connectivity index (χ1n) is 5.74. The lowest BCUT2D eigenvalue weighted by atomic mass is 10.2. The molecule has 0 aliphatic heterocycles. The molecule has 0 radical (unpaired) electrons. The van der Waals surface area contributed by atoms with E-state index in [0.717, 1.165) is 15.7 Å². The van der Waals surface area contributed by atoms with Crippen LogP contribution >= 0.6 is 27.5 Å². The van der Waals surface area contributed by atoms with E-state index in [1.54, 1.807) is 0 Å². The molecule has 0 saturated carbocycles. The number of hydrogen-bond acceptors (Lipinski definition) is 5. The number of nitrogens with zero attached hydrogens (tertiary/aromatic N) is 2. The predicted octanol–water partition coefficient (Wildman–Crippen LogP) is 3.82. The van der Waals surface area contributed by atoms with Gasteiger partial charge in [-0.05, 0) is 54.5 Å². The molecule has 1 aromatic carbocycles. The van der Waals surface area contributed by atoms with Gasteiger partial charge in [0.25, 0.3) is 0 Å². The van der Waals surface area contributed by atoms with E-state index in [1.165, 1.54) is 0 Å². The molecule has 5 nitrogen and oxygen atoms in total. The molecule has 1 heterocycles. The Labute approximate surface area is 124 Å². The van der Waals surface area contributed by atoms with E-state index >= 15 is 0 Å². The first-order valence-corrected chi connectivity index (χ1v) is 6.91. The van der Waals surface area contributed by atoms with Crippen molar-refractivity contribution in [3.63, 3.8) is 0 Å². The van der Waals surface area contributed by atoms with Crippen LogP contribution in [0.4, 0.5) is 11.7 Å². The van der Waals surface area contributed by atoms with Gasteiger partial charge in [-0.25, -0.2) is 0 Å². The highest BCUT2D eigenvalue weighted by molar-refractivity contribution is 9.10. The fraction of sp³-hybridized carbons (Fsp3) is 0.333. The molecule has 0 fully saturated rings. The van der Waals surface area contributed by atoms with Gasteiger partial charge in [-0.2, -0.15) is 0 Å². The Kier molecular flexibility index (Phi) is 4.44. The van der Waals surface area contributed by atoms with E-state index in [1.807, 2.05) is 33.0 Å². The summed E-state index contributed by atoms with van der Waals surface area (Å²) < 4.78 is 6.39. The van der Waals surface area contributed by atoms with Crippen molar-refractivity contribution in [3.8, 4) is 0 Å². The van der Waals surface area contributed by atoms with E-state index in [4.69, 9.17) is 16.0 Å². The zero-order valence-corrected chi connectivity index (χ0v) is 13.1. The van der Waals surface area contributed by atoms with Gasteiger partial charge in [0.05, 0.1) is 11.7 Å². The SMILES string of the molecule is CNC(C)c1nnc(Nc2cc(Cl)c(C)cc2Br)o1. The Morgan fingerprint density at radius 1 is 1.37 bits per heavy atom. The predicted molar refractivity (Wildman–Crippen MR) is 78.9 cm³/mol. The minimum Gasteiger partial charge on any atom is -0.406 e. The van der Waals surface area contributed by atoms with Gasteiger partial charge in [0.1, 0.15) is 0 Å². The highest BCUT2D eigenvalue weighted by Crippen LogP contribution is 2.31. The molecule has 1 unspecified atom stereocenters. The number of halogens is 2. The second kappa shape index (κ2) is 5.90. The molecule has 7 heteroatoms. The first kappa shape index (κ1) is 14.3. The second-order valence-corrected chi connectivity index (χ2v) is 5.42. The first-order chi connectivity index (χ1) is 9.01. The fourth-order valence-corrected chi connectivity index (χ4v) is 2.16. The number of benzene rings is 1. The minimum atomic E-state index is 0.00750. The standard InChI is InChI=1S/C12H14BrClN4O/c1-6-4-8(13)10(5-9(6)14)16-12-18-17-11(19-12)7(2)15-3/h4-5,7,15H,1-3H3,(H,16,18). The second-order valence-electron chi connectivity index (χ2n) is 4.16. The third-order valence-electron chi connectivity index (χ3n) is 2.73. The molecule has 0 saturated heterocycles. The van der Waals surface area contributed by atoms with Crippen LogP contribution in [0.5, 0.6) is 0 Å². The maximum Gasteiger partial charge on any atom is 0.320 e. The molecule has 19 heavy (non-hydrogen) atoms. The number of rotatable bonds is 4. The molecule has 0 amide bonds. The van der Waals surface area contributed by atoms with Crippen molar-refractivity contribution in [3.05, 3.63) is 33.1 Å². The molecule has 0 bridgehead atoms. The molecule has 2 rings (SSSR count). The number of aryl methyl sites for hydroxylation is 1. The molecule has 2 aromatic rings. The molecule has 0 spiro atoms. The van der Waals surface area contributed by atoms with Crippen molar-refractivity contribution < 1.29 is 4.42 Å². The lowest BCUT2D eigenvalue weighted by molar-refractivity contribution is 0.443. The third kappa shape index (κ3) is 3.26. The van der Waals surface area contributed by atoms with E-state index in [2.05, 4.69) is 36.8 Å². The summed E-state index contributed by atoms with van der Waals surface area (Å²) in [5.74, 6) is 0.527. The summed E-state index contributed by atoms with van der Waals surface area (Å²) in [6.07, 6.45) is 0. The van der Waals surface area contributed by atoms with E-state index in [9.17, 15) is 0 Å². The van der Waals surface area contributed by atoms with Crippen LogP contribution in [0.25, 0.3) is 0 Å². The summed E-state index contributed by atoms with van der Waals surface area (Å²) in [5.41, 5.74) is 1.78. The summed E-state index contributed by atoms with van der Waals surface area (Å²) in [6, 6.07) is 4.08. The number of aromatic nitrogens is 2. The molecule has 0 aliphatic carbocycles. The van der Waals surface area contributed by atoms with Crippen LogP contribution in [0.15, 0.2) is 21.0 Å². The van der Waals surface area contributed by atoms with Gasteiger partial charge in [0.2, 0.25) is 5.89 Å². The minimum absolute atomic E-state index is 0.00750.